The predicted octanol–water partition coefficient (Wildman–Crippen LogP) is 4.50. The molecule has 4 rings (SSSR count). The van der Waals surface area contributed by atoms with Crippen molar-refractivity contribution < 1.29 is 36.2 Å². The van der Waals surface area contributed by atoms with Crippen LogP contribution in [0.2, 0.25) is 0 Å². The lowest BCUT2D eigenvalue weighted by molar-refractivity contribution is -0.139. The highest BCUT2D eigenvalue weighted by Gasteiger charge is 2.44. The fourth-order valence-corrected chi connectivity index (χ4v) is 5.80. The van der Waals surface area contributed by atoms with Crippen molar-refractivity contribution in [2.24, 2.45) is 5.41 Å². The first-order chi connectivity index (χ1) is 18.4. The SMILES string of the molecule is CSc1ccc(NC(=O)c2cnc(NS(=O)(=O)CCO)cc2N2CCC3(CC2)CC3)cc1OCCC(F)(F)F. The summed E-state index contributed by atoms with van der Waals surface area (Å²) in [5, 5.41) is 11.8. The van der Waals surface area contributed by atoms with Gasteiger partial charge in [0.25, 0.3) is 5.91 Å². The second kappa shape index (κ2) is 11.8. The molecule has 14 heteroatoms. The van der Waals surface area contributed by atoms with Crippen molar-refractivity contribution in [1.82, 2.24) is 4.98 Å². The number of anilines is 3. The van der Waals surface area contributed by atoms with Crippen LogP contribution in [0.4, 0.5) is 30.4 Å². The Morgan fingerprint density at radius 1 is 1.21 bits per heavy atom. The van der Waals surface area contributed by atoms with Gasteiger partial charge in [-0.15, -0.1) is 11.8 Å². The van der Waals surface area contributed by atoms with Crippen molar-refractivity contribution in [2.75, 3.05) is 53.3 Å². The number of hydrogen-bond donors (Lipinski definition) is 3. The number of thioether (sulfide) groups is 1. The highest BCUT2D eigenvalue weighted by molar-refractivity contribution is 7.98. The maximum Gasteiger partial charge on any atom is 0.392 e. The number of hydrogen-bond acceptors (Lipinski definition) is 8. The number of rotatable bonds is 11. The molecule has 3 N–H and O–H groups in total. The van der Waals surface area contributed by atoms with E-state index in [1.54, 1.807) is 18.4 Å². The molecule has 2 aliphatic rings. The quantitative estimate of drug-likeness (QED) is 0.328. The summed E-state index contributed by atoms with van der Waals surface area (Å²) < 4.78 is 69.8. The minimum atomic E-state index is -4.35. The largest absolute Gasteiger partial charge is 0.492 e. The molecule has 1 aliphatic heterocycles. The van der Waals surface area contributed by atoms with E-state index in [1.165, 1.54) is 42.9 Å². The molecule has 39 heavy (non-hydrogen) atoms. The fraction of sp³-hybridized carbons (Fsp3) is 0.520. The molecular formula is C25H31F3N4O5S2. The van der Waals surface area contributed by atoms with E-state index in [0.29, 0.717) is 34.8 Å². The molecule has 1 amide bonds. The summed E-state index contributed by atoms with van der Waals surface area (Å²) in [7, 11) is -3.82. The molecular weight excluding hydrogens is 557 g/mol. The lowest BCUT2D eigenvalue weighted by Crippen LogP contribution is -2.36. The number of carbonyl (C=O) groups excluding carboxylic acids is 1. The van der Waals surface area contributed by atoms with Gasteiger partial charge in [-0.05, 0) is 49.5 Å². The highest BCUT2D eigenvalue weighted by Crippen LogP contribution is 2.54. The Balaban J connectivity index is 1.56. The Morgan fingerprint density at radius 3 is 2.54 bits per heavy atom. The number of pyridine rings is 1. The van der Waals surface area contributed by atoms with Crippen molar-refractivity contribution >= 4 is 44.9 Å². The van der Waals surface area contributed by atoms with Crippen molar-refractivity contribution in [3.63, 3.8) is 0 Å². The van der Waals surface area contributed by atoms with E-state index in [1.807, 2.05) is 4.90 Å². The highest BCUT2D eigenvalue weighted by atomic mass is 32.2. The van der Waals surface area contributed by atoms with Gasteiger partial charge < -0.3 is 20.1 Å². The molecule has 1 saturated heterocycles. The van der Waals surface area contributed by atoms with Crippen molar-refractivity contribution in [3.05, 3.63) is 36.0 Å². The Kier molecular flexibility index (Phi) is 8.86. The molecule has 1 aromatic carbocycles. The summed E-state index contributed by atoms with van der Waals surface area (Å²) in [6.07, 6.45) is 1.93. The second-order valence-corrected chi connectivity index (χ2v) is 12.4. The molecule has 1 saturated carbocycles. The monoisotopic (exact) mass is 588 g/mol. The maximum atomic E-state index is 13.4. The van der Waals surface area contributed by atoms with Crippen LogP contribution in [0, 0.1) is 5.41 Å². The van der Waals surface area contributed by atoms with Crippen molar-refractivity contribution in [3.8, 4) is 5.75 Å². The van der Waals surface area contributed by atoms with E-state index in [4.69, 9.17) is 9.84 Å². The Labute approximate surface area is 229 Å². The number of piperidine rings is 1. The summed E-state index contributed by atoms with van der Waals surface area (Å²) in [6.45, 7) is 0.306. The molecule has 1 spiro atoms. The van der Waals surface area contributed by atoms with Gasteiger partial charge in [0, 0.05) is 42.0 Å². The molecule has 0 unspecified atom stereocenters. The average Bonchev–Trinajstić information content (AvgIpc) is 3.62. The molecule has 9 nitrogen and oxygen atoms in total. The number of carbonyl (C=O) groups is 1. The Morgan fingerprint density at radius 2 is 1.92 bits per heavy atom. The number of amides is 1. The summed E-state index contributed by atoms with van der Waals surface area (Å²) >= 11 is 1.31. The second-order valence-electron chi connectivity index (χ2n) is 9.75. The Hall–Kier alpha value is -2.71. The van der Waals surface area contributed by atoms with E-state index in [-0.39, 0.29) is 17.1 Å². The zero-order valence-electron chi connectivity index (χ0n) is 21.4. The number of sulfonamides is 1. The summed E-state index contributed by atoms with van der Waals surface area (Å²) in [5.41, 5.74) is 1.44. The van der Waals surface area contributed by atoms with Crippen LogP contribution in [0.15, 0.2) is 35.4 Å². The van der Waals surface area contributed by atoms with E-state index in [2.05, 4.69) is 15.0 Å². The molecule has 0 atom stereocenters. The van der Waals surface area contributed by atoms with Gasteiger partial charge in [0.1, 0.15) is 11.6 Å². The number of nitrogens with one attached hydrogen (secondary N) is 2. The third-order valence-corrected chi connectivity index (χ3v) is 8.95. The van der Waals surface area contributed by atoms with E-state index in [0.717, 1.165) is 12.8 Å². The first-order valence-electron chi connectivity index (χ1n) is 12.5. The number of nitrogens with zero attached hydrogens (tertiary/aromatic N) is 2. The number of halogens is 3. The van der Waals surface area contributed by atoms with Gasteiger partial charge in [-0.1, -0.05) is 0 Å². The van der Waals surface area contributed by atoms with Crippen molar-refractivity contribution in [1.29, 1.82) is 0 Å². The standard InChI is InChI=1S/C25H31F3N4O5S2/c1-38-21-3-2-17(14-20(21)37-12-8-25(26,27)28)30-23(34)18-16-29-22(31-39(35,36)13-11-33)15-19(18)32-9-6-24(4-5-24)7-10-32/h2-3,14-16,33H,4-13H2,1H3,(H,29,31)(H,30,34). The third-order valence-electron chi connectivity index (χ3n) is 6.93. The maximum absolute atomic E-state index is 13.4. The lowest BCUT2D eigenvalue weighted by Gasteiger charge is -2.35. The van der Waals surface area contributed by atoms with Crippen LogP contribution >= 0.6 is 11.8 Å². The first kappa shape index (κ1) is 29.3. The van der Waals surface area contributed by atoms with E-state index in [9.17, 15) is 26.4 Å². The van der Waals surface area contributed by atoms with Crippen LogP contribution in [0.1, 0.15) is 42.5 Å². The van der Waals surface area contributed by atoms with Crippen molar-refractivity contribution in [2.45, 2.75) is 43.2 Å². The number of benzene rings is 1. The average molecular weight is 589 g/mol. The predicted molar refractivity (Wildman–Crippen MR) is 144 cm³/mol. The van der Waals surface area contributed by atoms with Gasteiger partial charge in [0.2, 0.25) is 10.0 Å². The first-order valence-corrected chi connectivity index (χ1v) is 15.4. The van der Waals surface area contributed by atoms with Crippen LogP contribution < -0.4 is 19.7 Å². The van der Waals surface area contributed by atoms with Crippen LogP contribution in [-0.2, 0) is 10.0 Å². The minimum Gasteiger partial charge on any atom is -0.492 e. The smallest absolute Gasteiger partial charge is 0.392 e. The van der Waals surface area contributed by atoms with Gasteiger partial charge >= 0.3 is 6.18 Å². The summed E-state index contributed by atoms with van der Waals surface area (Å²) in [6, 6.07) is 6.27. The zero-order chi connectivity index (χ0) is 28.3. The molecule has 214 valence electrons. The molecule has 0 bridgehead atoms. The molecule has 1 aromatic heterocycles. The lowest BCUT2D eigenvalue weighted by atomic mass is 9.93. The van der Waals surface area contributed by atoms with Gasteiger partial charge in [0.15, 0.2) is 0 Å². The molecule has 2 aromatic rings. The molecule has 2 heterocycles. The van der Waals surface area contributed by atoms with Crippen LogP contribution in [-0.4, -0.2) is 68.9 Å². The minimum absolute atomic E-state index is 0.0337. The zero-order valence-corrected chi connectivity index (χ0v) is 23.0. The van der Waals surface area contributed by atoms with Gasteiger partial charge in [-0.2, -0.15) is 13.2 Å². The number of aliphatic hydroxyl groups is 1. The number of ether oxygens (including phenoxy) is 1. The number of aliphatic hydroxyl groups excluding tert-OH is 1. The van der Waals surface area contributed by atoms with Crippen LogP contribution in [0.3, 0.4) is 0 Å². The molecule has 0 radical (unpaired) electrons. The third kappa shape index (κ3) is 7.92. The van der Waals surface area contributed by atoms with Gasteiger partial charge in [0.05, 0.1) is 36.6 Å². The molecule has 2 fully saturated rings. The molecule has 1 aliphatic carbocycles. The number of alkyl halides is 3. The van der Waals surface area contributed by atoms with Crippen LogP contribution in [0.25, 0.3) is 0 Å². The van der Waals surface area contributed by atoms with Gasteiger partial charge in [-0.25, -0.2) is 13.4 Å². The summed E-state index contributed by atoms with van der Waals surface area (Å²) in [4.78, 5) is 20.2. The Bertz CT molecular complexity index is 1290. The number of aromatic nitrogens is 1. The topological polar surface area (TPSA) is 121 Å². The van der Waals surface area contributed by atoms with Gasteiger partial charge in [-0.3, -0.25) is 9.52 Å². The normalized spacial score (nSPS) is 16.7. The van der Waals surface area contributed by atoms with Crippen LogP contribution in [0.5, 0.6) is 5.75 Å². The van der Waals surface area contributed by atoms with E-state index < -0.39 is 47.5 Å². The summed E-state index contributed by atoms with van der Waals surface area (Å²) in [5.74, 6) is -0.737. The van der Waals surface area contributed by atoms with E-state index >= 15 is 0 Å². The fourth-order valence-electron chi connectivity index (χ4n) is 4.51.